The molecule has 0 spiro atoms. The van der Waals surface area contributed by atoms with E-state index >= 15 is 0 Å². The lowest BCUT2D eigenvalue weighted by Gasteiger charge is -2.12. The van der Waals surface area contributed by atoms with Gasteiger partial charge in [0.15, 0.2) is 0 Å². The molecule has 3 nitrogen and oxygen atoms in total. The summed E-state index contributed by atoms with van der Waals surface area (Å²) in [7, 11) is 1.96. The predicted octanol–water partition coefficient (Wildman–Crippen LogP) is 2.92. The van der Waals surface area contributed by atoms with E-state index in [1.54, 1.807) is 6.20 Å². The van der Waals surface area contributed by atoms with Crippen LogP contribution in [0.25, 0.3) is 5.69 Å². The molecule has 84 valence electrons. The summed E-state index contributed by atoms with van der Waals surface area (Å²) in [6.45, 7) is 2.13. The highest BCUT2D eigenvalue weighted by Gasteiger charge is 2.07. The normalized spacial score (nSPS) is 12.7. The number of aromatic nitrogens is 2. The fourth-order valence-corrected chi connectivity index (χ4v) is 2.13. The van der Waals surface area contributed by atoms with E-state index in [-0.39, 0.29) is 0 Å². The van der Waals surface area contributed by atoms with Crippen molar-refractivity contribution in [2.75, 3.05) is 7.05 Å². The fourth-order valence-electron chi connectivity index (χ4n) is 1.56. The summed E-state index contributed by atoms with van der Waals surface area (Å²) in [6, 6.07) is 8.57. The Morgan fingerprint density at radius 3 is 2.81 bits per heavy atom. The quantitative estimate of drug-likeness (QED) is 0.936. The van der Waals surface area contributed by atoms with Crippen LogP contribution >= 0.6 is 15.9 Å². The topological polar surface area (TPSA) is 29.9 Å². The number of halogens is 1. The van der Waals surface area contributed by atoms with E-state index in [2.05, 4.69) is 51.5 Å². The van der Waals surface area contributed by atoms with Gasteiger partial charge >= 0.3 is 0 Å². The summed E-state index contributed by atoms with van der Waals surface area (Å²) in [5.74, 6) is 0. The number of hydrogen-bond donors (Lipinski definition) is 1. The third-order valence-corrected chi connectivity index (χ3v) is 3.29. The molecule has 16 heavy (non-hydrogen) atoms. The number of rotatable bonds is 3. The van der Waals surface area contributed by atoms with Crippen molar-refractivity contribution in [1.82, 2.24) is 15.1 Å². The van der Waals surface area contributed by atoms with Crippen molar-refractivity contribution in [2.24, 2.45) is 0 Å². The first kappa shape index (κ1) is 11.4. The van der Waals surface area contributed by atoms with Gasteiger partial charge in [0.2, 0.25) is 0 Å². The number of benzene rings is 1. The largest absolute Gasteiger partial charge is 0.313 e. The van der Waals surface area contributed by atoms with Gasteiger partial charge in [0.25, 0.3) is 0 Å². The van der Waals surface area contributed by atoms with Gasteiger partial charge in [-0.05, 0) is 53.7 Å². The van der Waals surface area contributed by atoms with Crippen molar-refractivity contribution in [1.29, 1.82) is 0 Å². The van der Waals surface area contributed by atoms with Gasteiger partial charge in [0.1, 0.15) is 0 Å². The van der Waals surface area contributed by atoms with Gasteiger partial charge in [-0.3, -0.25) is 0 Å². The molecule has 1 heterocycles. The van der Waals surface area contributed by atoms with E-state index in [4.69, 9.17) is 0 Å². The van der Waals surface area contributed by atoms with Crippen LogP contribution in [0.4, 0.5) is 0 Å². The van der Waals surface area contributed by atoms with Crippen LogP contribution < -0.4 is 5.32 Å². The number of hydrogen-bond acceptors (Lipinski definition) is 2. The van der Waals surface area contributed by atoms with E-state index in [1.165, 1.54) is 5.56 Å². The molecule has 0 radical (unpaired) electrons. The second-order valence-electron chi connectivity index (χ2n) is 3.67. The second-order valence-corrected chi connectivity index (χ2v) is 4.53. The van der Waals surface area contributed by atoms with Crippen molar-refractivity contribution in [2.45, 2.75) is 13.0 Å². The second kappa shape index (κ2) is 4.80. The molecular formula is C12H14BrN3. The van der Waals surface area contributed by atoms with Gasteiger partial charge in [-0.1, -0.05) is 6.07 Å². The van der Waals surface area contributed by atoms with Crippen LogP contribution in [0.5, 0.6) is 0 Å². The molecule has 0 aliphatic heterocycles. The highest BCUT2D eigenvalue weighted by molar-refractivity contribution is 9.10. The zero-order chi connectivity index (χ0) is 11.5. The van der Waals surface area contributed by atoms with Gasteiger partial charge in [0, 0.05) is 22.9 Å². The summed E-state index contributed by atoms with van der Waals surface area (Å²) >= 11 is 3.58. The molecule has 0 aliphatic carbocycles. The summed E-state index contributed by atoms with van der Waals surface area (Å²) in [4.78, 5) is 0. The Hall–Kier alpha value is -1.13. The van der Waals surface area contributed by atoms with Crippen LogP contribution in [-0.2, 0) is 0 Å². The molecule has 0 aliphatic rings. The third kappa shape index (κ3) is 2.18. The van der Waals surface area contributed by atoms with E-state index in [1.807, 2.05) is 24.0 Å². The molecule has 1 N–H and O–H groups in total. The lowest BCUT2D eigenvalue weighted by atomic mass is 10.1. The average molecular weight is 280 g/mol. The highest BCUT2D eigenvalue weighted by Crippen LogP contribution is 2.24. The van der Waals surface area contributed by atoms with Crippen LogP contribution in [0.2, 0.25) is 0 Å². The lowest BCUT2D eigenvalue weighted by Crippen LogP contribution is -2.12. The third-order valence-electron chi connectivity index (χ3n) is 2.66. The summed E-state index contributed by atoms with van der Waals surface area (Å²) in [6.07, 6.45) is 3.71. The van der Waals surface area contributed by atoms with Gasteiger partial charge in [-0.2, -0.15) is 5.10 Å². The zero-order valence-electron chi connectivity index (χ0n) is 9.31. The molecule has 0 fully saturated rings. The Morgan fingerprint density at radius 1 is 1.44 bits per heavy atom. The molecule has 0 amide bonds. The standard InChI is InChI=1S/C12H14BrN3/c1-9(14-2)10-4-5-12(11(13)8-10)16-7-3-6-15-16/h3-9,14H,1-2H3. The molecular weight excluding hydrogens is 266 g/mol. The van der Waals surface area contributed by atoms with Crippen molar-refractivity contribution in [3.63, 3.8) is 0 Å². The summed E-state index contributed by atoms with van der Waals surface area (Å²) in [5.41, 5.74) is 2.31. The maximum atomic E-state index is 4.21. The molecule has 0 saturated carbocycles. The maximum absolute atomic E-state index is 4.21. The molecule has 0 saturated heterocycles. The number of nitrogens with zero attached hydrogens (tertiary/aromatic N) is 2. The molecule has 1 aromatic heterocycles. The summed E-state index contributed by atoms with van der Waals surface area (Å²) in [5, 5.41) is 7.43. The molecule has 1 aromatic carbocycles. The van der Waals surface area contributed by atoms with Crippen molar-refractivity contribution in [3.8, 4) is 5.69 Å². The van der Waals surface area contributed by atoms with Crippen LogP contribution in [0.3, 0.4) is 0 Å². The fraction of sp³-hybridized carbons (Fsp3) is 0.250. The monoisotopic (exact) mass is 279 g/mol. The minimum atomic E-state index is 0.350. The van der Waals surface area contributed by atoms with Crippen LogP contribution in [0, 0.1) is 0 Å². The Labute approximate surface area is 104 Å². The molecule has 1 unspecified atom stereocenters. The average Bonchev–Trinajstić information content (AvgIpc) is 2.81. The van der Waals surface area contributed by atoms with Crippen LogP contribution in [0.1, 0.15) is 18.5 Å². The van der Waals surface area contributed by atoms with Crippen molar-refractivity contribution in [3.05, 3.63) is 46.7 Å². The smallest absolute Gasteiger partial charge is 0.0787 e. The Morgan fingerprint density at radius 2 is 2.25 bits per heavy atom. The molecule has 2 aromatic rings. The lowest BCUT2D eigenvalue weighted by molar-refractivity contribution is 0.651. The van der Waals surface area contributed by atoms with Gasteiger partial charge in [-0.15, -0.1) is 0 Å². The number of nitrogens with one attached hydrogen (secondary N) is 1. The summed E-state index contributed by atoms with van der Waals surface area (Å²) < 4.78 is 2.90. The zero-order valence-corrected chi connectivity index (χ0v) is 10.9. The molecule has 2 rings (SSSR count). The molecule has 1 atom stereocenters. The SMILES string of the molecule is CNC(C)c1ccc(-n2cccn2)c(Br)c1. The Bertz CT molecular complexity index is 465. The van der Waals surface area contributed by atoms with E-state index in [9.17, 15) is 0 Å². The first-order valence-corrected chi connectivity index (χ1v) is 5.98. The van der Waals surface area contributed by atoms with Crippen molar-refractivity contribution < 1.29 is 0 Å². The van der Waals surface area contributed by atoms with E-state index in [0.29, 0.717) is 6.04 Å². The van der Waals surface area contributed by atoms with Gasteiger partial charge in [0.05, 0.1) is 5.69 Å². The highest BCUT2D eigenvalue weighted by atomic mass is 79.9. The van der Waals surface area contributed by atoms with Crippen molar-refractivity contribution >= 4 is 15.9 Å². The molecule has 0 bridgehead atoms. The Balaban J connectivity index is 2.37. The van der Waals surface area contributed by atoms with Crippen LogP contribution in [-0.4, -0.2) is 16.8 Å². The van der Waals surface area contributed by atoms with E-state index in [0.717, 1.165) is 10.2 Å². The first-order valence-electron chi connectivity index (χ1n) is 5.19. The van der Waals surface area contributed by atoms with E-state index < -0.39 is 0 Å². The van der Waals surface area contributed by atoms with Gasteiger partial charge in [-0.25, -0.2) is 4.68 Å². The Kier molecular flexibility index (Phi) is 3.41. The molecule has 4 heteroatoms. The van der Waals surface area contributed by atoms with Gasteiger partial charge < -0.3 is 5.32 Å². The minimum Gasteiger partial charge on any atom is -0.313 e. The maximum Gasteiger partial charge on any atom is 0.0787 e. The minimum absolute atomic E-state index is 0.350. The predicted molar refractivity (Wildman–Crippen MR) is 68.7 cm³/mol. The first-order chi connectivity index (χ1) is 7.72. The van der Waals surface area contributed by atoms with Crippen LogP contribution in [0.15, 0.2) is 41.1 Å².